The van der Waals surface area contributed by atoms with Gasteiger partial charge in [0, 0.05) is 25.6 Å². The second-order valence-corrected chi connectivity index (χ2v) is 9.68. The summed E-state index contributed by atoms with van der Waals surface area (Å²) in [5.41, 5.74) is 2.05. The molecule has 5 rings (SSSR count). The summed E-state index contributed by atoms with van der Waals surface area (Å²) < 4.78 is 26.3. The molecule has 2 amide bonds. The number of amides is 2. The summed E-state index contributed by atoms with van der Waals surface area (Å²) in [5, 5.41) is 17.7. The standard InChI is InChI=1S/C31H28FN5O4/c1-21(38)34-30-28(18-33)29(23-9-5-11-27(17-23)41-26-14-12-24(32)13-15-26)35-37(30)25-10-6-16-36(19-25)31(39)40-20-22-7-3-2-4-8-22/h2-5,7-9,11-15,17,25H,6,10,16,19-20H2,1H3,(H,34,38). The van der Waals surface area contributed by atoms with Crippen molar-refractivity contribution >= 4 is 17.8 Å². The molecule has 41 heavy (non-hydrogen) atoms. The first kappa shape index (κ1) is 27.4. The van der Waals surface area contributed by atoms with Crippen molar-refractivity contribution in [2.75, 3.05) is 18.4 Å². The lowest BCUT2D eigenvalue weighted by molar-refractivity contribution is -0.114. The lowest BCUT2D eigenvalue weighted by Gasteiger charge is -2.32. The number of carbonyl (C=O) groups excluding carboxylic acids is 2. The number of anilines is 1. The van der Waals surface area contributed by atoms with Crippen molar-refractivity contribution < 1.29 is 23.5 Å². The molecule has 0 bridgehead atoms. The van der Waals surface area contributed by atoms with Crippen LogP contribution in [-0.4, -0.2) is 39.8 Å². The molecule has 1 aliphatic rings. The Kier molecular flexibility index (Phi) is 8.25. The second kappa shape index (κ2) is 12.3. The fourth-order valence-corrected chi connectivity index (χ4v) is 4.77. The Hall–Kier alpha value is -5.17. The molecule has 0 aliphatic carbocycles. The van der Waals surface area contributed by atoms with Crippen LogP contribution in [0.3, 0.4) is 0 Å². The van der Waals surface area contributed by atoms with Crippen LogP contribution in [0.25, 0.3) is 11.3 Å². The van der Waals surface area contributed by atoms with Crippen LogP contribution < -0.4 is 10.1 Å². The van der Waals surface area contributed by atoms with E-state index in [9.17, 15) is 19.2 Å². The van der Waals surface area contributed by atoms with Crippen LogP contribution in [0.5, 0.6) is 11.5 Å². The maximum absolute atomic E-state index is 13.3. The van der Waals surface area contributed by atoms with E-state index in [1.54, 1.807) is 33.8 Å². The SMILES string of the molecule is CC(=O)Nc1c(C#N)c(-c2cccc(Oc3ccc(F)cc3)c2)nn1C1CCCN(C(=O)OCc2ccccc2)C1. The van der Waals surface area contributed by atoms with Crippen molar-refractivity contribution in [2.45, 2.75) is 32.4 Å². The summed E-state index contributed by atoms with van der Waals surface area (Å²) in [6.45, 7) is 2.36. The number of nitrogens with one attached hydrogen (secondary N) is 1. The van der Waals surface area contributed by atoms with Gasteiger partial charge in [-0.2, -0.15) is 10.4 Å². The van der Waals surface area contributed by atoms with E-state index < -0.39 is 6.09 Å². The van der Waals surface area contributed by atoms with Gasteiger partial charge in [-0.25, -0.2) is 13.9 Å². The molecule has 1 atom stereocenters. The molecule has 1 aromatic heterocycles. The van der Waals surface area contributed by atoms with Crippen LogP contribution in [0.15, 0.2) is 78.9 Å². The topological polar surface area (TPSA) is 109 Å². The average Bonchev–Trinajstić information content (AvgIpc) is 3.35. The molecule has 1 fully saturated rings. The van der Waals surface area contributed by atoms with Crippen molar-refractivity contribution in [1.82, 2.24) is 14.7 Å². The van der Waals surface area contributed by atoms with E-state index in [2.05, 4.69) is 11.4 Å². The molecule has 1 aliphatic heterocycles. The number of ether oxygens (including phenoxy) is 2. The number of aromatic nitrogens is 2. The highest BCUT2D eigenvalue weighted by Crippen LogP contribution is 2.35. The molecule has 10 heteroatoms. The Labute approximate surface area is 236 Å². The Balaban J connectivity index is 1.41. The Morgan fingerprint density at radius 3 is 2.59 bits per heavy atom. The molecule has 1 unspecified atom stereocenters. The van der Waals surface area contributed by atoms with Crippen molar-refractivity contribution in [2.24, 2.45) is 0 Å². The monoisotopic (exact) mass is 553 g/mol. The number of halogens is 1. The number of likely N-dealkylation sites (tertiary alicyclic amines) is 1. The summed E-state index contributed by atoms with van der Waals surface area (Å²) in [7, 11) is 0. The number of nitriles is 1. The third-order valence-electron chi connectivity index (χ3n) is 6.68. The maximum atomic E-state index is 13.3. The highest BCUT2D eigenvalue weighted by atomic mass is 19.1. The minimum absolute atomic E-state index is 0.165. The number of hydrogen-bond donors (Lipinski definition) is 1. The third-order valence-corrected chi connectivity index (χ3v) is 6.68. The van der Waals surface area contributed by atoms with Gasteiger partial charge in [-0.1, -0.05) is 42.5 Å². The molecular formula is C31H28FN5O4. The molecule has 2 heterocycles. The van der Waals surface area contributed by atoms with E-state index in [-0.39, 0.29) is 35.8 Å². The summed E-state index contributed by atoms with van der Waals surface area (Å²) in [5.74, 6) is 0.474. The van der Waals surface area contributed by atoms with Gasteiger partial charge < -0.3 is 19.7 Å². The van der Waals surface area contributed by atoms with Crippen molar-refractivity contribution in [3.63, 3.8) is 0 Å². The fraction of sp³-hybridized carbons (Fsp3) is 0.226. The van der Waals surface area contributed by atoms with Crippen molar-refractivity contribution in [1.29, 1.82) is 5.26 Å². The van der Waals surface area contributed by atoms with Gasteiger partial charge in [0.1, 0.15) is 47.1 Å². The third kappa shape index (κ3) is 6.53. The van der Waals surface area contributed by atoms with E-state index in [1.807, 2.05) is 30.3 Å². The van der Waals surface area contributed by atoms with Gasteiger partial charge in [0.15, 0.2) is 0 Å². The van der Waals surface area contributed by atoms with E-state index in [4.69, 9.17) is 14.6 Å². The van der Waals surface area contributed by atoms with E-state index in [0.29, 0.717) is 48.7 Å². The molecule has 1 saturated heterocycles. The summed E-state index contributed by atoms with van der Waals surface area (Å²) in [6.07, 6.45) is 0.954. The number of rotatable bonds is 7. The van der Waals surface area contributed by atoms with E-state index >= 15 is 0 Å². The normalized spacial score (nSPS) is 14.7. The van der Waals surface area contributed by atoms with Gasteiger partial charge in [-0.05, 0) is 54.8 Å². The van der Waals surface area contributed by atoms with Crippen LogP contribution in [0.2, 0.25) is 0 Å². The van der Waals surface area contributed by atoms with Crippen LogP contribution in [-0.2, 0) is 16.1 Å². The van der Waals surface area contributed by atoms with Gasteiger partial charge >= 0.3 is 6.09 Å². The van der Waals surface area contributed by atoms with Crippen molar-refractivity contribution in [3.8, 4) is 28.8 Å². The quantitative estimate of drug-likeness (QED) is 0.288. The molecule has 208 valence electrons. The zero-order chi connectivity index (χ0) is 28.8. The number of benzene rings is 3. The number of nitrogens with zero attached hydrogens (tertiary/aromatic N) is 4. The highest BCUT2D eigenvalue weighted by Gasteiger charge is 2.31. The zero-order valence-corrected chi connectivity index (χ0v) is 22.4. The second-order valence-electron chi connectivity index (χ2n) is 9.68. The van der Waals surface area contributed by atoms with E-state index in [0.717, 1.165) is 5.56 Å². The summed E-state index contributed by atoms with van der Waals surface area (Å²) in [4.78, 5) is 26.7. The summed E-state index contributed by atoms with van der Waals surface area (Å²) >= 11 is 0. The van der Waals surface area contributed by atoms with Gasteiger partial charge in [0.2, 0.25) is 5.91 Å². The highest BCUT2D eigenvalue weighted by molar-refractivity contribution is 5.91. The van der Waals surface area contributed by atoms with Gasteiger partial charge in [-0.3, -0.25) is 4.79 Å². The van der Waals surface area contributed by atoms with Gasteiger partial charge in [0.25, 0.3) is 0 Å². The average molecular weight is 554 g/mol. The van der Waals surface area contributed by atoms with Gasteiger partial charge in [-0.15, -0.1) is 0 Å². The lowest BCUT2D eigenvalue weighted by Crippen LogP contribution is -2.41. The molecular weight excluding hydrogens is 525 g/mol. The first-order valence-electron chi connectivity index (χ1n) is 13.2. The molecule has 9 nitrogen and oxygen atoms in total. The Morgan fingerprint density at radius 1 is 1.07 bits per heavy atom. The number of piperidine rings is 1. The lowest BCUT2D eigenvalue weighted by atomic mass is 10.1. The van der Waals surface area contributed by atoms with Crippen molar-refractivity contribution in [3.05, 3.63) is 95.8 Å². The molecule has 1 N–H and O–H groups in total. The molecule has 0 saturated carbocycles. The Bertz CT molecular complexity index is 1580. The smallest absolute Gasteiger partial charge is 0.410 e. The largest absolute Gasteiger partial charge is 0.457 e. The predicted molar refractivity (Wildman–Crippen MR) is 150 cm³/mol. The molecule has 3 aromatic carbocycles. The zero-order valence-electron chi connectivity index (χ0n) is 22.4. The minimum Gasteiger partial charge on any atom is -0.457 e. The first-order valence-corrected chi connectivity index (χ1v) is 13.2. The first-order chi connectivity index (χ1) is 19.9. The Morgan fingerprint density at radius 2 is 1.85 bits per heavy atom. The number of hydrogen-bond acceptors (Lipinski definition) is 6. The fourth-order valence-electron chi connectivity index (χ4n) is 4.77. The molecule has 0 radical (unpaired) electrons. The maximum Gasteiger partial charge on any atom is 0.410 e. The number of carbonyl (C=O) groups is 2. The van der Waals surface area contributed by atoms with Crippen LogP contribution in [0.4, 0.5) is 15.0 Å². The van der Waals surface area contributed by atoms with Crippen LogP contribution in [0, 0.1) is 17.1 Å². The van der Waals surface area contributed by atoms with E-state index in [1.165, 1.54) is 31.2 Å². The predicted octanol–water partition coefficient (Wildman–Crippen LogP) is 6.29. The molecule has 0 spiro atoms. The van der Waals surface area contributed by atoms with Crippen LogP contribution >= 0.6 is 0 Å². The van der Waals surface area contributed by atoms with Crippen LogP contribution in [0.1, 0.15) is 36.9 Å². The van der Waals surface area contributed by atoms with Gasteiger partial charge in [0.05, 0.1) is 6.04 Å². The minimum atomic E-state index is -0.432. The summed E-state index contributed by atoms with van der Waals surface area (Å²) in [6, 6.07) is 24.0. The molecule has 4 aromatic rings.